The van der Waals surface area contributed by atoms with Crippen LogP contribution in [0.4, 0.5) is 0 Å². The van der Waals surface area contributed by atoms with Crippen molar-refractivity contribution in [2.24, 2.45) is 10.7 Å². The summed E-state index contributed by atoms with van der Waals surface area (Å²) in [7, 11) is 1.78. The topological polar surface area (TPSA) is 87.1 Å². The summed E-state index contributed by atoms with van der Waals surface area (Å²) >= 11 is 0. The molecule has 0 saturated carbocycles. The van der Waals surface area contributed by atoms with Crippen molar-refractivity contribution < 1.29 is 9.21 Å². The van der Waals surface area contributed by atoms with Crippen LogP contribution in [0.2, 0.25) is 0 Å². The van der Waals surface area contributed by atoms with Crippen molar-refractivity contribution in [1.29, 1.82) is 0 Å². The Morgan fingerprint density at radius 3 is 2.43 bits per heavy atom. The minimum Gasteiger partial charge on any atom is -0.459 e. The van der Waals surface area contributed by atoms with Gasteiger partial charge in [-0.1, -0.05) is 30.3 Å². The summed E-state index contributed by atoms with van der Waals surface area (Å²) in [6, 6.07) is 14.0. The van der Waals surface area contributed by atoms with Crippen molar-refractivity contribution in [3.05, 3.63) is 48.2 Å². The fraction of sp³-hybridized carbons (Fsp3) is 0.429. The van der Waals surface area contributed by atoms with Crippen LogP contribution in [0.1, 0.15) is 19.6 Å². The number of hydrogen-bond donors (Lipinski definition) is 2. The van der Waals surface area contributed by atoms with Crippen LogP contribution in [0.15, 0.2) is 51.9 Å². The Labute approximate surface area is 166 Å². The van der Waals surface area contributed by atoms with E-state index in [1.807, 2.05) is 56.3 Å². The molecule has 2 aromatic rings. The predicted molar refractivity (Wildman–Crippen MR) is 111 cm³/mol. The lowest BCUT2D eigenvalue weighted by Crippen LogP contribution is -2.61. The van der Waals surface area contributed by atoms with Gasteiger partial charge >= 0.3 is 0 Å². The number of primary amides is 1. The average Bonchev–Trinajstić information content (AvgIpc) is 3.18. The summed E-state index contributed by atoms with van der Waals surface area (Å²) in [4.78, 5) is 20.4. The second-order valence-corrected chi connectivity index (χ2v) is 7.43. The zero-order valence-electron chi connectivity index (χ0n) is 16.8. The van der Waals surface area contributed by atoms with Crippen LogP contribution in [-0.4, -0.2) is 60.4 Å². The molecular formula is C21H29N5O2. The second-order valence-electron chi connectivity index (χ2n) is 7.43. The van der Waals surface area contributed by atoms with E-state index in [4.69, 9.17) is 10.2 Å². The van der Waals surface area contributed by atoms with Crippen molar-refractivity contribution in [2.45, 2.75) is 25.9 Å². The molecule has 1 aliphatic rings. The highest BCUT2D eigenvalue weighted by atomic mass is 16.3. The molecule has 1 aliphatic heterocycles. The molecule has 7 nitrogen and oxygen atoms in total. The average molecular weight is 383 g/mol. The van der Waals surface area contributed by atoms with Gasteiger partial charge in [0.2, 0.25) is 5.91 Å². The molecule has 0 spiro atoms. The molecule has 150 valence electrons. The number of nitrogens with one attached hydrogen (secondary N) is 1. The Hall–Kier alpha value is -2.80. The number of hydrogen-bond acceptors (Lipinski definition) is 4. The maximum absolute atomic E-state index is 11.7. The minimum atomic E-state index is -0.634. The summed E-state index contributed by atoms with van der Waals surface area (Å²) in [6.07, 6.45) is 0. The number of piperazine rings is 1. The third-order valence-electron chi connectivity index (χ3n) is 5.33. The number of carbonyl (C=O) groups is 1. The van der Waals surface area contributed by atoms with Crippen LogP contribution < -0.4 is 11.1 Å². The summed E-state index contributed by atoms with van der Waals surface area (Å²) in [6.45, 7) is 7.39. The Balaban J connectivity index is 1.55. The predicted octanol–water partition coefficient (Wildman–Crippen LogP) is 1.90. The Morgan fingerprint density at radius 2 is 1.82 bits per heavy atom. The van der Waals surface area contributed by atoms with Gasteiger partial charge in [-0.25, -0.2) is 0 Å². The van der Waals surface area contributed by atoms with Gasteiger partial charge in [-0.2, -0.15) is 0 Å². The Kier molecular flexibility index (Phi) is 6.04. The van der Waals surface area contributed by atoms with Crippen LogP contribution in [0.3, 0.4) is 0 Å². The molecule has 7 heteroatoms. The van der Waals surface area contributed by atoms with Gasteiger partial charge < -0.3 is 20.4 Å². The van der Waals surface area contributed by atoms with E-state index in [0.717, 1.165) is 49.2 Å². The number of rotatable bonds is 5. The van der Waals surface area contributed by atoms with Gasteiger partial charge in [0, 0.05) is 38.8 Å². The van der Waals surface area contributed by atoms with E-state index >= 15 is 0 Å². The van der Waals surface area contributed by atoms with E-state index in [1.165, 1.54) is 0 Å². The maximum Gasteiger partial charge on any atom is 0.237 e. The summed E-state index contributed by atoms with van der Waals surface area (Å²) in [5, 5.41) is 3.37. The fourth-order valence-electron chi connectivity index (χ4n) is 3.36. The largest absolute Gasteiger partial charge is 0.459 e. The molecule has 28 heavy (non-hydrogen) atoms. The van der Waals surface area contributed by atoms with E-state index in [2.05, 4.69) is 20.1 Å². The molecule has 0 unspecified atom stereocenters. The minimum absolute atomic E-state index is 0.296. The lowest BCUT2D eigenvalue weighted by molar-refractivity contribution is -0.129. The van der Waals surface area contributed by atoms with Crippen LogP contribution in [0.5, 0.6) is 0 Å². The van der Waals surface area contributed by atoms with Crippen molar-refractivity contribution in [2.75, 3.05) is 33.2 Å². The van der Waals surface area contributed by atoms with Gasteiger partial charge in [0.15, 0.2) is 5.96 Å². The monoisotopic (exact) mass is 383 g/mol. The molecule has 0 bridgehead atoms. The fourth-order valence-corrected chi connectivity index (χ4v) is 3.36. The van der Waals surface area contributed by atoms with Gasteiger partial charge in [0.1, 0.15) is 11.5 Å². The van der Waals surface area contributed by atoms with Crippen LogP contribution in [0.25, 0.3) is 11.3 Å². The van der Waals surface area contributed by atoms with Gasteiger partial charge in [-0.3, -0.25) is 14.7 Å². The number of nitrogens with two attached hydrogens (primary N) is 1. The molecule has 2 heterocycles. The van der Waals surface area contributed by atoms with Gasteiger partial charge in [0.05, 0.1) is 12.1 Å². The number of carbonyl (C=O) groups excluding carboxylic acids is 1. The molecule has 1 saturated heterocycles. The molecule has 0 radical (unpaired) electrons. The normalized spacial score (nSPS) is 16.2. The standard InChI is InChI=1S/C21H29N5O2/c1-21(2,19(22)27)26-13-11-25(12-14-26)20(23-3)24-15-17-9-10-18(28-17)16-7-5-4-6-8-16/h4-10H,11-15H2,1-3H3,(H2,22,27)(H,23,24). The highest BCUT2D eigenvalue weighted by molar-refractivity contribution is 5.84. The van der Waals surface area contributed by atoms with Crippen molar-refractivity contribution in [3.8, 4) is 11.3 Å². The van der Waals surface area contributed by atoms with Crippen LogP contribution in [0, 0.1) is 0 Å². The molecule has 3 N–H and O–H groups in total. The highest BCUT2D eigenvalue weighted by Crippen LogP contribution is 2.22. The number of nitrogens with zero attached hydrogens (tertiary/aromatic N) is 3. The Bertz CT molecular complexity index is 820. The highest BCUT2D eigenvalue weighted by Gasteiger charge is 2.35. The molecular weight excluding hydrogens is 354 g/mol. The van der Waals surface area contributed by atoms with Crippen molar-refractivity contribution in [3.63, 3.8) is 0 Å². The zero-order valence-corrected chi connectivity index (χ0v) is 16.8. The molecule has 1 aromatic heterocycles. The molecule has 1 fully saturated rings. The smallest absolute Gasteiger partial charge is 0.237 e. The first-order chi connectivity index (χ1) is 13.4. The first-order valence-corrected chi connectivity index (χ1v) is 9.56. The number of amides is 1. The molecule has 0 aliphatic carbocycles. The van der Waals surface area contributed by atoms with E-state index in [0.29, 0.717) is 6.54 Å². The lowest BCUT2D eigenvalue weighted by atomic mass is 10.0. The quantitative estimate of drug-likeness (QED) is 0.608. The van der Waals surface area contributed by atoms with Gasteiger partial charge in [0.25, 0.3) is 0 Å². The Morgan fingerprint density at radius 1 is 1.14 bits per heavy atom. The zero-order chi connectivity index (χ0) is 20.1. The number of benzene rings is 1. The molecule has 3 rings (SSSR count). The first kappa shape index (κ1) is 19.9. The number of guanidine groups is 1. The lowest BCUT2D eigenvalue weighted by Gasteiger charge is -2.43. The van der Waals surface area contributed by atoms with Gasteiger partial charge in [-0.15, -0.1) is 0 Å². The van der Waals surface area contributed by atoms with E-state index in [9.17, 15) is 4.79 Å². The molecule has 1 aromatic carbocycles. The van der Waals surface area contributed by atoms with E-state index in [1.54, 1.807) is 7.05 Å². The number of furan rings is 1. The van der Waals surface area contributed by atoms with Crippen molar-refractivity contribution in [1.82, 2.24) is 15.1 Å². The van der Waals surface area contributed by atoms with Gasteiger partial charge in [-0.05, 0) is 26.0 Å². The summed E-state index contributed by atoms with van der Waals surface area (Å²) < 4.78 is 5.94. The van der Waals surface area contributed by atoms with E-state index < -0.39 is 5.54 Å². The van der Waals surface area contributed by atoms with Crippen LogP contribution >= 0.6 is 0 Å². The van der Waals surface area contributed by atoms with Crippen molar-refractivity contribution >= 4 is 11.9 Å². The third kappa shape index (κ3) is 4.36. The number of aliphatic imine (C=N–C) groups is 1. The maximum atomic E-state index is 11.7. The molecule has 1 amide bonds. The summed E-state index contributed by atoms with van der Waals surface area (Å²) in [5.41, 5.74) is 5.96. The first-order valence-electron chi connectivity index (χ1n) is 9.56. The third-order valence-corrected chi connectivity index (χ3v) is 5.33. The summed E-state index contributed by atoms with van der Waals surface area (Å²) in [5.74, 6) is 2.24. The van der Waals surface area contributed by atoms with Crippen LogP contribution in [-0.2, 0) is 11.3 Å². The second kappa shape index (κ2) is 8.48. The van der Waals surface area contributed by atoms with E-state index in [-0.39, 0.29) is 5.91 Å². The SMILES string of the molecule is CN=C(NCc1ccc(-c2ccccc2)o1)N1CCN(C(C)(C)C(N)=O)CC1. The molecule has 0 atom stereocenters.